The lowest BCUT2D eigenvalue weighted by Crippen LogP contribution is -2.58. The number of amides is 1. The average molecular weight is 508 g/mol. The summed E-state index contributed by atoms with van der Waals surface area (Å²) in [5.41, 5.74) is 1.03. The van der Waals surface area contributed by atoms with Crippen molar-refractivity contribution in [3.8, 4) is 0 Å². The van der Waals surface area contributed by atoms with Crippen molar-refractivity contribution in [1.82, 2.24) is 19.1 Å². The molecule has 176 valence electrons. The fourth-order valence-corrected chi connectivity index (χ4v) is 7.29. The molecule has 2 aromatic heterocycles. The van der Waals surface area contributed by atoms with Crippen molar-refractivity contribution in [3.63, 3.8) is 0 Å². The molecule has 3 aliphatic heterocycles. The molecule has 2 aromatic rings. The van der Waals surface area contributed by atoms with E-state index in [0.717, 1.165) is 36.5 Å². The highest BCUT2D eigenvalue weighted by molar-refractivity contribution is 7.92. The number of fused-ring (bicyclic) bond motifs is 1. The summed E-state index contributed by atoms with van der Waals surface area (Å²) in [7, 11) is -1.70. The van der Waals surface area contributed by atoms with Gasteiger partial charge in [-0.2, -0.15) is 4.31 Å². The molecule has 0 aliphatic carbocycles. The number of halogens is 1. The Balaban J connectivity index is 1.29. The third-order valence-corrected chi connectivity index (χ3v) is 9.77. The number of sulfonamides is 1. The quantitative estimate of drug-likeness (QED) is 0.633. The van der Waals surface area contributed by atoms with Crippen LogP contribution in [0.2, 0.25) is 4.34 Å². The van der Waals surface area contributed by atoms with Crippen molar-refractivity contribution in [3.05, 3.63) is 51.3 Å². The van der Waals surface area contributed by atoms with Crippen molar-refractivity contribution < 1.29 is 13.2 Å². The van der Waals surface area contributed by atoms with Crippen molar-refractivity contribution in [2.75, 3.05) is 44.7 Å². The molecule has 0 saturated carbocycles. The Morgan fingerprint density at radius 2 is 1.91 bits per heavy atom. The van der Waals surface area contributed by atoms with E-state index in [4.69, 9.17) is 11.6 Å². The predicted octanol–water partition coefficient (Wildman–Crippen LogP) is 2.55. The molecular formula is C22H26ClN5O3S2. The van der Waals surface area contributed by atoms with Crippen LogP contribution in [-0.4, -0.2) is 84.9 Å². The lowest BCUT2D eigenvalue weighted by Gasteiger charge is -2.44. The lowest BCUT2D eigenvalue weighted by atomic mass is 9.86. The molecule has 0 bridgehead atoms. The van der Waals surface area contributed by atoms with Gasteiger partial charge in [-0.05, 0) is 50.2 Å². The van der Waals surface area contributed by atoms with Crippen molar-refractivity contribution in [1.29, 1.82) is 0 Å². The molecule has 33 heavy (non-hydrogen) atoms. The van der Waals surface area contributed by atoms with Gasteiger partial charge in [0.15, 0.2) is 0 Å². The van der Waals surface area contributed by atoms with E-state index >= 15 is 0 Å². The molecule has 1 atom stereocenters. The Morgan fingerprint density at radius 1 is 1.18 bits per heavy atom. The fraction of sp³-hybridized carbons (Fsp3) is 0.455. The smallest absolute Gasteiger partial charge is 0.239 e. The third kappa shape index (κ3) is 4.30. The third-order valence-electron chi connectivity index (χ3n) is 7.10. The minimum absolute atomic E-state index is 0.124. The highest BCUT2D eigenvalue weighted by Gasteiger charge is 2.54. The summed E-state index contributed by atoms with van der Waals surface area (Å²) in [6.45, 7) is 2.57. The van der Waals surface area contributed by atoms with Crippen LogP contribution >= 0.6 is 22.9 Å². The second-order valence-electron chi connectivity index (χ2n) is 8.81. The highest BCUT2D eigenvalue weighted by Crippen LogP contribution is 2.40. The van der Waals surface area contributed by atoms with Crippen LogP contribution in [0, 0.1) is 0 Å². The predicted molar refractivity (Wildman–Crippen MR) is 131 cm³/mol. The van der Waals surface area contributed by atoms with Crippen LogP contribution in [0.1, 0.15) is 17.7 Å². The molecule has 5 rings (SSSR count). The second-order valence-corrected chi connectivity index (χ2v) is 12.4. The first-order valence-electron chi connectivity index (χ1n) is 10.9. The van der Waals surface area contributed by atoms with Crippen LogP contribution in [0.4, 0.5) is 5.69 Å². The van der Waals surface area contributed by atoms with E-state index in [0.29, 0.717) is 10.9 Å². The number of pyridine rings is 1. The van der Waals surface area contributed by atoms with E-state index in [1.165, 1.54) is 27.1 Å². The van der Waals surface area contributed by atoms with Gasteiger partial charge in [0.05, 0.1) is 17.0 Å². The molecule has 0 aromatic carbocycles. The Kier molecular flexibility index (Phi) is 5.98. The number of anilines is 1. The molecule has 1 amide bonds. The molecule has 3 saturated heterocycles. The molecule has 8 nitrogen and oxygen atoms in total. The van der Waals surface area contributed by atoms with Crippen LogP contribution in [0.3, 0.4) is 0 Å². The number of piperazine rings is 1. The van der Waals surface area contributed by atoms with Crippen LogP contribution in [-0.2, 0) is 14.8 Å². The molecule has 1 unspecified atom stereocenters. The molecule has 1 spiro atoms. The van der Waals surface area contributed by atoms with Crippen molar-refractivity contribution >= 4 is 50.6 Å². The zero-order valence-corrected chi connectivity index (χ0v) is 20.7. The van der Waals surface area contributed by atoms with Crippen LogP contribution < -0.4 is 4.90 Å². The molecular weight excluding hydrogens is 482 g/mol. The van der Waals surface area contributed by atoms with E-state index in [1.807, 2.05) is 24.1 Å². The van der Waals surface area contributed by atoms with E-state index in [1.54, 1.807) is 24.5 Å². The normalized spacial score (nSPS) is 24.2. The van der Waals surface area contributed by atoms with Gasteiger partial charge in [0, 0.05) is 60.1 Å². The molecule has 5 heterocycles. The molecule has 0 radical (unpaired) electrons. The maximum atomic E-state index is 13.0. The number of aromatic nitrogens is 1. The van der Waals surface area contributed by atoms with Gasteiger partial charge in [0.25, 0.3) is 0 Å². The molecule has 3 aliphatic rings. The van der Waals surface area contributed by atoms with E-state index in [-0.39, 0.29) is 30.7 Å². The SMILES string of the molecule is CN1C2CN(S(=O)(=O)C=Cc3ccc(Cl)s3)CC(=O)N2CC12CCN(c1ccncc1)CC2. The Labute approximate surface area is 203 Å². The van der Waals surface area contributed by atoms with Crippen LogP contribution in [0.5, 0.6) is 0 Å². The number of thiophene rings is 1. The van der Waals surface area contributed by atoms with E-state index in [9.17, 15) is 13.2 Å². The number of hydrogen-bond acceptors (Lipinski definition) is 7. The maximum Gasteiger partial charge on any atom is 0.239 e. The van der Waals surface area contributed by atoms with Gasteiger partial charge >= 0.3 is 0 Å². The first-order chi connectivity index (χ1) is 15.8. The zero-order valence-electron chi connectivity index (χ0n) is 18.3. The van der Waals surface area contributed by atoms with Gasteiger partial charge < -0.3 is 9.80 Å². The summed E-state index contributed by atoms with van der Waals surface area (Å²) in [5.74, 6) is -0.136. The Bertz CT molecular complexity index is 1160. The minimum atomic E-state index is -3.73. The number of rotatable bonds is 4. The summed E-state index contributed by atoms with van der Waals surface area (Å²) in [4.78, 5) is 24.3. The topological polar surface area (TPSA) is 77.1 Å². The fourth-order valence-electron chi connectivity index (χ4n) is 5.12. The first-order valence-corrected chi connectivity index (χ1v) is 13.6. The summed E-state index contributed by atoms with van der Waals surface area (Å²) >= 11 is 7.24. The lowest BCUT2D eigenvalue weighted by molar-refractivity contribution is -0.137. The van der Waals surface area contributed by atoms with E-state index in [2.05, 4.69) is 14.8 Å². The number of piperidine rings is 1. The summed E-state index contributed by atoms with van der Waals surface area (Å²) < 4.78 is 27.9. The number of likely N-dealkylation sites (N-methyl/N-ethyl adjacent to an activating group) is 1. The zero-order chi connectivity index (χ0) is 23.2. The summed E-state index contributed by atoms with van der Waals surface area (Å²) in [6.07, 6.45) is 6.72. The van der Waals surface area contributed by atoms with Gasteiger partial charge in [-0.25, -0.2) is 8.42 Å². The van der Waals surface area contributed by atoms with Gasteiger partial charge in [-0.15, -0.1) is 11.3 Å². The summed E-state index contributed by atoms with van der Waals surface area (Å²) in [6, 6.07) is 7.54. The number of carbonyl (C=O) groups excluding carboxylic acids is 1. The van der Waals surface area contributed by atoms with Crippen molar-refractivity contribution in [2.24, 2.45) is 0 Å². The monoisotopic (exact) mass is 507 g/mol. The number of carbonyl (C=O) groups is 1. The maximum absolute atomic E-state index is 13.0. The first kappa shape index (κ1) is 22.8. The van der Waals surface area contributed by atoms with Crippen LogP contribution in [0.15, 0.2) is 42.1 Å². The molecule has 0 N–H and O–H groups in total. The van der Waals surface area contributed by atoms with Gasteiger partial charge in [0.2, 0.25) is 15.9 Å². The summed E-state index contributed by atoms with van der Waals surface area (Å²) in [5, 5.41) is 1.18. The number of hydrogen-bond donors (Lipinski definition) is 0. The van der Waals surface area contributed by atoms with E-state index < -0.39 is 10.0 Å². The van der Waals surface area contributed by atoms with Gasteiger partial charge in [-0.3, -0.25) is 14.7 Å². The average Bonchev–Trinajstić information content (AvgIpc) is 3.35. The van der Waals surface area contributed by atoms with Crippen molar-refractivity contribution in [2.45, 2.75) is 24.5 Å². The molecule has 11 heteroatoms. The second kappa shape index (κ2) is 8.66. The Hall–Kier alpha value is -1.98. The van der Waals surface area contributed by atoms with Gasteiger partial charge in [-0.1, -0.05) is 11.6 Å². The Morgan fingerprint density at radius 3 is 2.58 bits per heavy atom. The highest BCUT2D eigenvalue weighted by atomic mass is 35.5. The van der Waals surface area contributed by atoms with Gasteiger partial charge in [0.1, 0.15) is 0 Å². The van der Waals surface area contributed by atoms with Crippen LogP contribution in [0.25, 0.3) is 6.08 Å². The minimum Gasteiger partial charge on any atom is -0.371 e. The largest absolute Gasteiger partial charge is 0.371 e. The molecule has 3 fully saturated rings. The standard InChI is InChI=1S/C22H26ClN5O3S2/c1-25-20-14-27(33(30,31)13-6-18-2-3-19(23)32-18)15-21(29)28(20)16-22(25)7-11-26(12-8-22)17-4-9-24-10-5-17/h2-6,9-10,13,20H,7-8,11-12,14-16H2,1H3. The number of nitrogens with zero attached hydrogens (tertiary/aromatic N) is 5.